The van der Waals surface area contributed by atoms with E-state index in [9.17, 15) is 0 Å². The molecule has 0 amide bonds. The summed E-state index contributed by atoms with van der Waals surface area (Å²) in [5.74, 6) is 8.63. The molecule has 0 radical (unpaired) electrons. The molecule has 0 saturated carbocycles. The second-order valence-corrected chi connectivity index (χ2v) is 6.46. The summed E-state index contributed by atoms with van der Waals surface area (Å²) in [4.78, 5) is 0. The molecular formula is C15H18N6OS. The lowest BCUT2D eigenvalue weighted by Gasteiger charge is -2.03. The monoisotopic (exact) mass is 330 g/mol. The molecule has 0 atom stereocenters. The zero-order valence-corrected chi connectivity index (χ0v) is 14.0. The van der Waals surface area contributed by atoms with Gasteiger partial charge in [0, 0.05) is 11.5 Å². The van der Waals surface area contributed by atoms with Gasteiger partial charge in [0.25, 0.3) is 0 Å². The second kappa shape index (κ2) is 6.41. The summed E-state index contributed by atoms with van der Waals surface area (Å²) < 4.78 is 7.05. The first-order valence-electron chi connectivity index (χ1n) is 7.27. The summed E-state index contributed by atoms with van der Waals surface area (Å²) in [5.41, 5.74) is 2.11. The fourth-order valence-electron chi connectivity index (χ4n) is 1.96. The number of hydrogen-bond donors (Lipinski definition) is 1. The zero-order chi connectivity index (χ0) is 16.4. The highest BCUT2D eigenvalue weighted by atomic mass is 32.2. The standard InChI is InChI=1S/C15H18N6OS/c1-9(2)14-19-17-12(22-14)8-23-15-20-18-13(21(15)16)11-6-4-10(3)5-7-11/h4-7,9H,8,16H2,1-3H3. The minimum atomic E-state index is 0.215. The molecule has 0 unspecified atom stereocenters. The predicted molar refractivity (Wildman–Crippen MR) is 88.3 cm³/mol. The topological polar surface area (TPSA) is 95.6 Å². The van der Waals surface area contributed by atoms with Crippen LogP contribution in [0.2, 0.25) is 0 Å². The van der Waals surface area contributed by atoms with E-state index in [1.807, 2.05) is 45.0 Å². The maximum atomic E-state index is 6.10. The van der Waals surface area contributed by atoms with Crippen molar-refractivity contribution in [3.8, 4) is 11.4 Å². The van der Waals surface area contributed by atoms with Gasteiger partial charge in [0.2, 0.25) is 16.9 Å². The molecule has 0 fully saturated rings. The normalized spacial score (nSPS) is 11.3. The molecule has 0 aliphatic carbocycles. The minimum absolute atomic E-state index is 0.215. The van der Waals surface area contributed by atoms with E-state index in [0.717, 1.165) is 5.56 Å². The molecule has 120 valence electrons. The third kappa shape index (κ3) is 3.37. The van der Waals surface area contributed by atoms with Gasteiger partial charge in [-0.2, -0.15) is 0 Å². The Bertz CT molecular complexity index is 793. The first-order valence-corrected chi connectivity index (χ1v) is 8.25. The Morgan fingerprint density at radius 2 is 1.87 bits per heavy atom. The van der Waals surface area contributed by atoms with Gasteiger partial charge in [0.1, 0.15) is 0 Å². The third-order valence-corrected chi connectivity index (χ3v) is 4.20. The fraction of sp³-hybridized carbons (Fsp3) is 0.333. The van der Waals surface area contributed by atoms with Gasteiger partial charge in [-0.25, -0.2) is 4.68 Å². The number of rotatable bonds is 5. The van der Waals surface area contributed by atoms with Crippen LogP contribution < -0.4 is 5.84 Å². The van der Waals surface area contributed by atoms with E-state index in [-0.39, 0.29) is 5.92 Å². The smallest absolute Gasteiger partial charge is 0.226 e. The molecule has 2 heterocycles. The van der Waals surface area contributed by atoms with Crippen molar-refractivity contribution in [3.05, 3.63) is 41.6 Å². The van der Waals surface area contributed by atoms with Gasteiger partial charge in [-0.05, 0) is 6.92 Å². The number of aryl methyl sites for hydroxylation is 1. The first kappa shape index (κ1) is 15.5. The molecule has 8 heteroatoms. The number of nitrogens with two attached hydrogens (primary N) is 1. The van der Waals surface area contributed by atoms with Crippen LogP contribution in [0, 0.1) is 6.92 Å². The first-order chi connectivity index (χ1) is 11.0. The molecule has 3 rings (SSSR count). The Balaban J connectivity index is 1.72. The molecule has 0 spiro atoms. The maximum absolute atomic E-state index is 6.10. The average Bonchev–Trinajstić information content (AvgIpc) is 3.13. The van der Waals surface area contributed by atoms with Crippen LogP contribution >= 0.6 is 11.8 Å². The number of hydrogen-bond acceptors (Lipinski definition) is 7. The Hall–Kier alpha value is -2.35. The van der Waals surface area contributed by atoms with Crippen LogP contribution in [0.4, 0.5) is 0 Å². The van der Waals surface area contributed by atoms with Crippen molar-refractivity contribution >= 4 is 11.8 Å². The quantitative estimate of drug-likeness (QED) is 0.567. The van der Waals surface area contributed by atoms with E-state index in [1.54, 1.807) is 0 Å². The van der Waals surface area contributed by atoms with Crippen LogP contribution in [0.25, 0.3) is 11.4 Å². The van der Waals surface area contributed by atoms with Gasteiger partial charge < -0.3 is 10.3 Å². The number of nitrogens with zero attached hydrogens (tertiary/aromatic N) is 5. The lowest BCUT2D eigenvalue weighted by molar-refractivity contribution is 0.445. The van der Waals surface area contributed by atoms with Crippen LogP contribution in [0.5, 0.6) is 0 Å². The number of thioether (sulfide) groups is 1. The van der Waals surface area contributed by atoms with Crippen molar-refractivity contribution < 1.29 is 4.42 Å². The summed E-state index contributed by atoms with van der Waals surface area (Å²) in [7, 11) is 0. The summed E-state index contributed by atoms with van der Waals surface area (Å²) in [5, 5.41) is 16.9. The van der Waals surface area contributed by atoms with Gasteiger partial charge in [-0.1, -0.05) is 55.4 Å². The van der Waals surface area contributed by atoms with Gasteiger partial charge in [0.05, 0.1) is 5.75 Å². The van der Waals surface area contributed by atoms with Crippen molar-refractivity contribution in [2.75, 3.05) is 5.84 Å². The zero-order valence-electron chi connectivity index (χ0n) is 13.2. The van der Waals surface area contributed by atoms with Crippen LogP contribution in [0.15, 0.2) is 33.8 Å². The Labute approximate surface area is 138 Å². The highest BCUT2D eigenvalue weighted by Crippen LogP contribution is 2.24. The third-order valence-electron chi connectivity index (χ3n) is 3.28. The molecule has 0 aliphatic heterocycles. The lowest BCUT2D eigenvalue weighted by Crippen LogP contribution is -2.11. The van der Waals surface area contributed by atoms with Crippen LogP contribution in [-0.4, -0.2) is 25.1 Å². The molecule has 0 saturated heterocycles. The Morgan fingerprint density at radius 3 is 2.52 bits per heavy atom. The van der Waals surface area contributed by atoms with E-state index in [1.165, 1.54) is 22.0 Å². The summed E-state index contributed by atoms with van der Waals surface area (Å²) in [6, 6.07) is 7.99. The number of benzene rings is 1. The highest BCUT2D eigenvalue weighted by Gasteiger charge is 2.15. The molecule has 0 aliphatic rings. The van der Waals surface area contributed by atoms with Crippen molar-refractivity contribution in [1.82, 2.24) is 25.1 Å². The van der Waals surface area contributed by atoms with Crippen LogP contribution in [-0.2, 0) is 5.75 Å². The van der Waals surface area contributed by atoms with Crippen molar-refractivity contribution in [3.63, 3.8) is 0 Å². The van der Waals surface area contributed by atoms with Gasteiger partial charge >= 0.3 is 0 Å². The van der Waals surface area contributed by atoms with E-state index in [2.05, 4.69) is 20.4 Å². The van der Waals surface area contributed by atoms with E-state index in [0.29, 0.717) is 28.5 Å². The molecule has 2 N–H and O–H groups in total. The Kier molecular flexibility index (Phi) is 4.33. The Morgan fingerprint density at radius 1 is 1.13 bits per heavy atom. The predicted octanol–water partition coefficient (Wildman–Crippen LogP) is 2.77. The molecule has 2 aromatic heterocycles. The van der Waals surface area contributed by atoms with Gasteiger partial charge in [-0.15, -0.1) is 20.4 Å². The van der Waals surface area contributed by atoms with E-state index < -0.39 is 0 Å². The number of aromatic nitrogens is 5. The summed E-state index contributed by atoms with van der Waals surface area (Å²) >= 11 is 1.41. The van der Waals surface area contributed by atoms with Crippen LogP contribution in [0.1, 0.15) is 37.1 Å². The van der Waals surface area contributed by atoms with Crippen molar-refractivity contribution in [1.29, 1.82) is 0 Å². The molecular weight excluding hydrogens is 312 g/mol. The average molecular weight is 330 g/mol. The largest absolute Gasteiger partial charge is 0.424 e. The van der Waals surface area contributed by atoms with Crippen molar-refractivity contribution in [2.45, 2.75) is 37.6 Å². The fourth-order valence-corrected chi connectivity index (χ4v) is 2.65. The molecule has 7 nitrogen and oxygen atoms in total. The second-order valence-electron chi connectivity index (χ2n) is 5.52. The summed E-state index contributed by atoms with van der Waals surface area (Å²) in [6.07, 6.45) is 0. The maximum Gasteiger partial charge on any atom is 0.226 e. The van der Waals surface area contributed by atoms with Crippen molar-refractivity contribution in [2.24, 2.45) is 0 Å². The minimum Gasteiger partial charge on any atom is -0.424 e. The molecule has 0 bridgehead atoms. The SMILES string of the molecule is Cc1ccc(-c2nnc(SCc3nnc(C(C)C)o3)n2N)cc1. The van der Waals surface area contributed by atoms with E-state index in [4.69, 9.17) is 10.3 Å². The summed E-state index contributed by atoms with van der Waals surface area (Å²) in [6.45, 7) is 6.05. The number of nitrogen functional groups attached to an aromatic ring is 1. The lowest BCUT2D eigenvalue weighted by atomic mass is 10.1. The van der Waals surface area contributed by atoms with Gasteiger partial charge in [0.15, 0.2) is 5.82 Å². The van der Waals surface area contributed by atoms with Gasteiger partial charge in [-0.3, -0.25) is 0 Å². The highest BCUT2D eigenvalue weighted by molar-refractivity contribution is 7.98. The van der Waals surface area contributed by atoms with E-state index >= 15 is 0 Å². The molecule has 3 aromatic rings. The molecule has 1 aromatic carbocycles. The molecule has 23 heavy (non-hydrogen) atoms. The van der Waals surface area contributed by atoms with Crippen LogP contribution in [0.3, 0.4) is 0 Å².